The highest BCUT2D eigenvalue weighted by molar-refractivity contribution is 8.00. The van der Waals surface area contributed by atoms with Gasteiger partial charge in [0.05, 0.1) is 0 Å². The molecule has 2 aliphatic rings. The van der Waals surface area contributed by atoms with Gasteiger partial charge in [-0.1, -0.05) is 26.7 Å². The lowest BCUT2D eigenvalue weighted by atomic mass is 10.0. The van der Waals surface area contributed by atoms with E-state index in [-0.39, 0.29) is 0 Å². The zero-order valence-electron chi connectivity index (χ0n) is 12.4. The first-order chi connectivity index (χ1) is 8.65. The third-order valence-electron chi connectivity index (χ3n) is 4.78. The maximum atomic E-state index is 3.72. The Kier molecular flexibility index (Phi) is 5.40. The minimum atomic E-state index is 0.575. The second-order valence-electron chi connectivity index (χ2n) is 6.49. The molecule has 1 atom stereocenters. The van der Waals surface area contributed by atoms with E-state index < -0.39 is 0 Å². The van der Waals surface area contributed by atoms with Crippen LogP contribution < -0.4 is 5.32 Å². The minimum absolute atomic E-state index is 0.575. The van der Waals surface area contributed by atoms with Crippen molar-refractivity contribution in [1.29, 1.82) is 0 Å². The summed E-state index contributed by atoms with van der Waals surface area (Å²) < 4.78 is 0.575. The second kappa shape index (κ2) is 6.62. The average Bonchev–Trinajstić information content (AvgIpc) is 2.68. The van der Waals surface area contributed by atoms with E-state index in [1.54, 1.807) is 0 Å². The molecule has 0 bridgehead atoms. The lowest BCUT2D eigenvalue weighted by molar-refractivity contribution is 0.224. The Labute approximate surface area is 117 Å². The Hall–Kier alpha value is 0.270. The number of nitrogens with zero attached hydrogens (tertiary/aromatic N) is 1. The summed E-state index contributed by atoms with van der Waals surface area (Å²) in [5.41, 5.74) is 0. The molecule has 1 saturated carbocycles. The zero-order valence-corrected chi connectivity index (χ0v) is 13.2. The van der Waals surface area contributed by atoms with Crippen molar-refractivity contribution in [2.45, 2.75) is 56.7 Å². The molecule has 0 aromatic carbocycles. The van der Waals surface area contributed by atoms with Gasteiger partial charge in [0.25, 0.3) is 0 Å². The van der Waals surface area contributed by atoms with Crippen LogP contribution in [-0.4, -0.2) is 48.1 Å². The highest BCUT2D eigenvalue weighted by atomic mass is 32.2. The van der Waals surface area contributed by atoms with Crippen LogP contribution in [0.25, 0.3) is 0 Å². The normalized spacial score (nSPS) is 29.7. The molecule has 3 heteroatoms. The van der Waals surface area contributed by atoms with Crippen LogP contribution in [0.4, 0.5) is 0 Å². The topological polar surface area (TPSA) is 15.3 Å². The van der Waals surface area contributed by atoms with Crippen LogP contribution in [0.5, 0.6) is 0 Å². The first kappa shape index (κ1) is 14.7. The average molecular weight is 270 g/mol. The molecule has 106 valence electrons. The van der Waals surface area contributed by atoms with Crippen molar-refractivity contribution in [2.24, 2.45) is 5.92 Å². The predicted molar refractivity (Wildman–Crippen MR) is 82.4 cm³/mol. The standard InChI is InChI=1S/C15H30N2S/c1-13(2)14-11-17(10-6-9-16-14)12-15(18-3)7-4-5-8-15/h13-14,16H,4-12H2,1-3H3. The predicted octanol–water partition coefficient (Wildman–Crippen LogP) is 2.98. The first-order valence-corrected chi connectivity index (χ1v) is 8.88. The summed E-state index contributed by atoms with van der Waals surface area (Å²) in [6.07, 6.45) is 9.39. The number of thioether (sulfide) groups is 1. The van der Waals surface area contributed by atoms with Gasteiger partial charge in [-0.2, -0.15) is 11.8 Å². The maximum Gasteiger partial charge on any atom is 0.0284 e. The summed E-state index contributed by atoms with van der Waals surface area (Å²) in [5.74, 6) is 0.749. The number of hydrogen-bond donors (Lipinski definition) is 1. The summed E-state index contributed by atoms with van der Waals surface area (Å²) in [4.78, 5) is 2.74. The van der Waals surface area contributed by atoms with Crippen molar-refractivity contribution in [3.05, 3.63) is 0 Å². The van der Waals surface area contributed by atoms with Gasteiger partial charge in [0, 0.05) is 23.9 Å². The van der Waals surface area contributed by atoms with Gasteiger partial charge in [-0.05, 0) is 44.5 Å². The van der Waals surface area contributed by atoms with Crippen molar-refractivity contribution in [1.82, 2.24) is 10.2 Å². The fourth-order valence-corrected chi connectivity index (χ4v) is 4.48. The van der Waals surface area contributed by atoms with Crippen LogP contribution in [0.2, 0.25) is 0 Å². The molecule has 1 unspecified atom stereocenters. The number of hydrogen-bond acceptors (Lipinski definition) is 3. The van der Waals surface area contributed by atoms with Crippen molar-refractivity contribution in [3.63, 3.8) is 0 Å². The highest BCUT2D eigenvalue weighted by Gasteiger charge is 2.35. The van der Waals surface area contributed by atoms with E-state index in [4.69, 9.17) is 0 Å². The molecule has 0 spiro atoms. The van der Waals surface area contributed by atoms with Crippen molar-refractivity contribution in [2.75, 3.05) is 32.4 Å². The molecule has 1 aliphatic heterocycles. The third-order valence-corrected chi connectivity index (χ3v) is 6.18. The molecule has 2 nitrogen and oxygen atoms in total. The van der Waals surface area contributed by atoms with Crippen molar-refractivity contribution >= 4 is 11.8 Å². The molecule has 18 heavy (non-hydrogen) atoms. The Morgan fingerprint density at radius 3 is 2.61 bits per heavy atom. The van der Waals surface area contributed by atoms with Crippen LogP contribution >= 0.6 is 11.8 Å². The molecule has 1 heterocycles. The molecular weight excluding hydrogens is 240 g/mol. The van der Waals surface area contributed by atoms with Crippen LogP contribution in [0.1, 0.15) is 46.0 Å². The summed E-state index contributed by atoms with van der Waals surface area (Å²) in [5, 5.41) is 3.72. The first-order valence-electron chi connectivity index (χ1n) is 7.66. The molecule has 0 aromatic heterocycles. The maximum absolute atomic E-state index is 3.72. The molecule has 0 aromatic rings. The molecule has 1 N–H and O–H groups in total. The number of nitrogens with one attached hydrogen (secondary N) is 1. The largest absolute Gasteiger partial charge is 0.312 e. The fourth-order valence-electron chi connectivity index (χ4n) is 3.47. The molecule has 2 rings (SSSR count). The van der Waals surface area contributed by atoms with Crippen molar-refractivity contribution in [3.8, 4) is 0 Å². The SMILES string of the molecule is CSC1(CN2CCCNC(C(C)C)C2)CCCC1. The van der Waals surface area contributed by atoms with E-state index in [9.17, 15) is 0 Å². The van der Waals surface area contributed by atoms with Gasteiger partial charge in [0.1, 0.15) is 0 Å². The summed E-state index contributed by atoms with van der Waals surface area (Å²) in [6.45, 7) is 9.76. The highest BCUT2D eigenvalue weighted by Crippen LogP contribution is 2.40. The van der Waals surface area contributed by atoms with Gasteiger partial charge < -0.3 is 10.2 Å². The molecule has 1 saturated heterocycles. The summed E-state index contributed by atoms with van der Waals surface area (Å²) >= 11 is 2.13. The fraction of sp³-hybridized carbons (Fsp3) is 1.00. The Bertz CT molecular complexity index is 249. The summed E-state index contributed by atoms with van der Waals surface area (Å²) in [7, 11) is 0. The van der Waals surface area contributed by atoms with Crippen LogP contribution in [0, 0.1) is 5.92 Å². The monoisotopic (exact) mass is 270 g/mol. The van der Waals surface area contributed by atoms with Gasteiger partial charge >= 0.3 is 0 Å². The zero-order chi connectivity index (χ0) is 13.0. The van der Waals surface area contributed by atoms with E-state index >= 15 is 0 Å². The van der Waals surface area contributed by atoms with Crippen molar-refractivity contribution < 1.29 is 0 Å². The van der Waals surface area contributed by atoms with Gasteiger partial charge in [-0.25, -0.2) is 0 Å². The minimum Gasteiger partial charge on any atom is -0.312 e. The Morgan fingerprint density at radius 1 is 1.28 bits per heavy atom. The molecular formula is C15H30N2S. The molecule has 0 amide bonds. The van der Waals surface area contributed by atoms with E-state index in [1.807, 2.05) is 0 Å². The third kappa shape index (κ3) is 3.64. The van der Waals surface area contributed by atoms with E-state index in [2.05, 4.69) is 42.1 Å². The quantitative estimate of drug-likeness (QED) is 0.845. The Morgan fingerprint density at radius 2 is 2.00 bits per heavy atom. The molecule has 0 radical (unpaired) electrons. The van der Waals surface area contributed by atoms with Crippen LogP contribution in [0.15, 0.2) is 0 Å². The lowest BCUT2D eigenvalue weighted by Gasteiger charge is -2.35. The second-order valence-corrected chi connectivity index (χ2v) is 7.76. The van der Waals surface area contributed by atoms with E-state index in [0.717, 1.165) is 5.92 Å². The smallest absolute Gasteiger partial charge is 0.0284 e. The summed E-state index contributed by atoms with van der Waals surface area (Å²) in [6, 6.07) is 0.688. The van der Waals surface area contributed by atoms with Gasteiger partial charge in [0.15, 0.2) is 0 Å². The molecule has 1 aliphatic carbocycles. The van der Waals surface area contributed by atoms with E-state index in [1.165, 1.54) is 58.3 Å². The lowest BCUT2D eigenvalue weighted by Crippen LogP contribution is -2.45. The van der Waals surface area contributed by atoms with Crippen LogP contribution in [-0.2, 0) is 0 Å². The van der Waals surface area contributed by atoms with Crippen LogP contribution in [0.3, 0.4) is 0 Å². The molecule has 2 fully saturated rings. The number of rotatable bonds is 4. The van der Waals surface area contributed by atoms with E-state index in [0.29, 0.717) is 10.8 Å². The van der Waals surface area contributed by atoms with Gasteiger partial charge in [0.2, 0.25) is 0 Å². The van der Waals surface area contributed by atoms with Gasteiger partial charge in [-0.3, -0.25) is 0 Å². The Balaban J connectivity index is 1.94. The van der Waals surface area contributed by atoms with Gasteiger partial charge in [-0.15, -0.1) is 0 Å².